The lowest BCUT2D eigenvalue weighted by molar-refractivity contribution is -0.100. The highest BCUT2D eigenvalue weighted by Gasteiger charge is 2.59. The molecule has 1 aromatic carbocycles. The number of hydrogen-bond donors (Lipinski definition) is 2. The van der Waals surface area contributed by atoms with Crippen LogP contribution in [0.15, 0.2) is 29.2 Å². The fraction of sp³-hybridized carbons (Fsp3) is 0.654. The highest BCUT2D eigenvalue weighted by atomic mass is 32.2. The molecule has 0 unspecified atom stereocenters. The number of carbonyl (C=O) groups is 1. The molecule has 3 aliphatic carbocycles. The third-order valence-electron chi connectivity index (χ3n) is 9.38. The van der Waals surface area contributed by atoms with Crippen molar-refractivity contribution in [1.82, 2.24) is 25.0 Å². The normalized spacial score (nSPS) is 25.7. The van der Waals surface area contributed by atoms with E-state index in [4.69, 9.17) is 0 Å². The lowest BCUT2D eigenvalue weighted by atomic mass is 9.56. The number of benzene rings is 1. The monoisotopic (exact) mass is 511 g/mol. The van der Waals surface area contributed by atoms with Crippen LogP contribution in [0.1, 0.15) is 61.7 Å². The minimum Gasteiger partial charge on any atom is -0.382 e. The van der Waals surface area contributed by atoms with Gasteiger partial charge in [-0.15, -0.1) is 10.2 Å². The second-order valence-corrected chi connectivity index (χ2v) is 14.6. The van der Waals surface area contributed by atoms with E-state index < -0.39 is 15.4 Å². The van der Waals surface area contributed by atoms with Crippen LogP contribution in [-0.4, -0.2) is 77.0 Å². The first kappa shape index (κ1) is 22.7. The predicted octanol–water partition coefficient (Wildman–Crippen LogP) is 2.44. The lowest BCUT2D eigenvalue weighted by Crippen LogP contribution is -2.70. The lowest BCUT2D eigenvalue weighted by Gasteiger charge is -2.63. The third kappa shape index (κ3) is 3.67. The minimum absolute atomic E-state index is 0.187. The van der Waals surface area contributed by atoms with E-state index in [1.807, 2.05) is 21.9 Å². The van der Waals surface area contributed by atoms with Gasteiger partial charge in [0.25, 0.3) is 0 Å². The molecule has 3 heterocycles. The summed E-state index contributed by atoms with van der Waals surface area (Å²) in [6, 6.07) is 7.45. The van der Waals surface area contributed by atoms with E-state index in [0.717, 1.165) is 76.9 Å². The zero-order valence-corrected chi connectivity index (χ0v) is 21.4. The molecule has 5 fully saturated rings. The highest BCUT2D eigenvalue weighted by molar-refractivity contribution is 7.90. The third-order valence-corrected chi connectivity index (χ3v) is 10.5. The second-order valence-electron chi connectivity index (χ2n) is 12.6. The van der Waals surface area contributed by atoms with Crippen LogP contribution in [0, 0.1) is 16.7 Å². The summed E-state index contributed by atoms with van der Waals surface area (Å²) in [5.41, 5.74) is 0.949. The van der Waals surface area contributed by atoms with E-state index in [0.29, 0.717) is 28.0 Å². The van der Waals surface area contributed by atoms with Crippen molar-refractivity contribution in [2.45, 2.75) is 61.4 Å². The molecule has 36 heavy (non-hydrogen) atoms. The average molecular weight is 512 g/mol. The van der Waals surface area contributed by atoms with Gasteiger partial charge in [-0.05, 0) is 68.6 Å². The topological polar surface area (TPSA) is 119 Å². The summed E-state index contributed by atoms with van der Waals surface area (Å²) in [6.07, 6.45) is 8.07. The number of nitrogens with zero attached hydrogens (tertiary/aromatic N) is 4. The van der Waals surface area contributed by atoms with Crippen LogP contribution in [0.2, 0.25) is 0 Å². The fourth-order valence-corrected chi connectivity index (χ4v) is 7.86. The number of aliphatic hydroxyl groups is 1. The van der Waals surface area contributed by atoms with Gasteiger partial charge < -0.3 is 19.9 Å². The van der Waals surface area contributed by atoms with Gasteiger partial charge >= 0.3 is 6.03 Å². The molecule has 2 spiro atoms. The molecule has 9 nitrogen and oxygen atoms in total. The number of rotatable bonds is 5. The van der Waals surface area contributed by atoms with Gasteiger partial charge in [0, 0.05) is 49.2 Å². The van der Waals surface area contributed by atoms with Gasteiger partial charge in [0.15, 0.2) is 15.7 Å². The first-order chi connectivity index (χ1) is 17.0. The Morgan fingerprint density at radius 2 is 1.58 bits per heavy atom. The molecule has 192 valence electrons. The molecular weight excluding hydrogens is 478 g/mol. The fourth-order valence-electron chi connectivity index (χ4n) is 7.23. The van der Waals surface area contributed by atoms with Gasteiger partial charge in [-0.25, -0.2) is 13.2 Å². The van der Waals surface area contributed by atoms with Gasteiger partial charge in [0.2, 0.25) is 0 Å². The maximum atomic E-state index is 13.0. The smallest absolute Gasteiger partial charge is 0.320 e. The summed E-state index contributed by atoms with van der Waals surface area (Å²) < 4.78 is 23.3. The molecule has 2 aliphatic heterocycles. The van der Waals surface area contributed by atoms with Crippen LogP contribution in [0.5, 0.6) is 0 Å². The Morgan fingerprint density at radius 1 is 1.00 bits per heavy atom. The van der Waals surface area contributed by atoms with Gasteiger partial charge in [-0.1, -0.05) is 12.1 Å². The molecule has 10 heteroatoms. The number of H-pyrrole nitrogens is 1. The van der Waals surface area contributed by atoms with Crippen molar-refractivity contribution in [1.29, 1.82) is 0 Å². The molecule has 2 saturated heterocycles. The number of amides is 2. The number of urea groups is 1. The highest BCUT2D eigenvalue weighted by Crippen LogP contribution is 2.57. The summed E-state index contributed by atoms with van der Waals surface area (Å²) >= 11 is 0. The first-order valence-corrected chi connectivity index (χ1v) is 14.9. The van der Waals surface area contributed by atoms with Gasteiger partial charge in [-0.2, -0.15) is 0 Å². The van der Waals surface area contributed by atoms with Crippen molar-refractivity contribution in [2.75, 3.05) is 32.4 Å². The Morgan fingerprint density at radius 3 is 2.14 bits per heavy atom. The molecule has 0 atom stereocenters. The number of nitrogens with one attached hydrogen (secondary N) is 1. The molecule has 0 bridgehead atoms. The number of carbonyl (C=O) groups excluding carboxylic acids is 1. The molecule has 1 aromatic heterocycles. The van der Waals surface area contributed by atoms with Crippen molar-refractivity contribution in [2.24, 2.45) is 16.7 Å². The van der Waals surface area contributed by atoms with Gasteiger partial charge in [0.05, 0.1) is 4.90 Å². The Labute approximate surface area is 211 Å². The Hall–Kier alpha value is -2.46. The van der Waals surface area contributed by atoms with Crippen LogP contribution in [-0.2, 0) is 21.9 Å². The van der Waals surface area contributed by atoms with Gasteiger partial charge in [0.1, 0.15) is 11.4 Å². The molecule has 3 saturated carbocycles. The summed E-state index contributed by atoms with van der Waals surface area (Å²) in [5, 5.41) is 18.6. The molecular formula is C26H33N5O4S. The zero-order valence-electron chi connectivity index (χ0n) is 20.6. The zero-order chi connectivity index (χ0) is 24.9. The van der Waals surface area contributed by atoms with E-state index in [1.165, 1.54) is 11.8 Å². The number of aromatic amines is 1. The molecule has 0 radical (unpaired) electrons. The SMILES string of the molecule is CS(=O)(=O)c1ccc(CC2CC3(C2)CN(C(=O)N2CC4(CC(c5nnc(C6(O)CC6)[nH]5)C4)C2)C3)cc1. The molecule has 7 rings (SSSR count). The molecule has 2 amide bonds. The average Bonchev–Trinajstić information content (AvgIpc) is 3.27. The van der Waals surface area contributed by atoms with Crippen molar-refractivity contribution < 1.29 is 18.3 Å². The minimum atomic E-state index is -3.15. The number of sulfone groups is 1. The van der Waals surface area contributed by atoms with Crippen molar-refractivity contribution in [3.05, 3.63) is 41.5 Å². The quantitative estimate of drug-likeness (QED) is 0.636. The Bertz CT molecular complexity index is 1300. The first-order valence-electron chi connectivity index (χ1n) is 13.0. The van der Waals surface area contributed by atoms with E-state index in [2.05, 4.69) is 15.2 Å². The van der Waals surface area contributed by atoms with Crippen molar-refractivity contribution >= 4 is 15.9 Å². The van der Waals surface area contributed by atoms with E-state index in [-0.39, 0.29) is 11.4 Å². The maximum Gasteiger partial charge on any atom is 0.320 e. The summed E-state index contributed by atoms with van der Waals surface area (Å²) in [5.74, 6) is 2.46. The summed E-state index contributed by atoms with van der Waals surface area (Å²) in [4.78, 5) is 20.6. The molecule has 2 aromatic rings. The van der Waals surface area contributed by atoms with Crippen LogP contribution >= 0.6 is 0 Å². The Kier molecular flexibility index (Phi) is 4.61. The van der Waals surface area contributed by atoms with E-state index in [9.17, 15) is 18.3 Å². The Balaban J connectivity index is 0.844. The van der Waals surface area contributed by atoms with Crippen LogP contribution in [0.3, 0.4) is 0 Å². The summed E-state index contributed by atoms with van der Waals surface area (Å²) in [6.45, 7) is 3.40. The summed E-state index contributed by atoms with van der Waals surface area (Å²) in [7, 11) is -3.15. The van der Waals surface area contributed by atoms with Crippen LogP contribution in [0.4, 0.5) is 4.79 Å². The molecule has 5 aliphatic rings. The number of hydrogen-bond acceptors (Lipinski definition) is 6. The van der Waals surface area contributed by atoms with Gasteiger partial charge in [-0.3, -0.25) is 0 Å². The largest absolute Gasteiger partial charge is 0.382 e. The maximum absolute atomic E-state index is 13.0. The van der Waals surface area contributed by atoms with E-state index in [1.54, 1.807) is 12.1 Å². The standard InChI is InChI=1S/C26H33N5O4S/c1-36(34,35)20-4-2-17(3-5-20)8-18-9-24(10-18)13-30(14-24)23(32)31-15-25(16-31)11-19(12-25)21-27-22(29-28-21)26(33)6-7-26/h2-5,18-19,33H,6-16H2,1H3,(H,27,28,29). The number of aromatic nitrogens is 3. The van der Waals surface area contributed by atoms with Crippen LogP contribution in [0.25, 0.3) is 0 Å². The second kappa shape index (κ2) is 7.31. The van der Waals surface area contributed by atoms with E-state index >= 15 is 0 Å². The molecule has 2 N–H and O–H groups in total. The van der Waals surface area contributed by atoms with Crippen LogP contribution < -0.4 is 0 Å². The predicted molar refractivity (Wildman–Crippen MR) is 131 cm³/mol. The van der Waals surface area contributed by atoms with Crippen molar-refractivity contribution in [3.63, 3.8) is 0 Å². The number of likely N-dealkylation sites (tertiary alicyclic amines) is 2. The van der Waals surface area contributed by atoms with Crippen molar-refractivity contribution in [3.8, 4) is 0 Å².